The molecule has 0 radical (unpaired) electrons. The maximum atomic E-state index is 12.2. The number of aliphatic imine (C=N–C) groups is 1. The van der Waals surface area contributed by atoms with E-state index in [0.29, 0.717) is 13.1 Å². The number of benzene rings is 1. The Bertz CT molecular complexity index is 565. The van der Waals surface area contributed by atoms with Crippen molar-refractivity contribution in [3.63, 3.8) is 0 Å². The second-order valence-corrected chi connectivity index (χ2v) is 5.35. The summed E-state index contributed by atoms with van der Waals surface area (Å²) >= 11 is 0. The zero-order valence-electron chi connectivity index (χ0n) is 12.4. The fourth-order valence-corrected chi connectivity index (χ4v) is 2.26. The molecule has 2 rings (SSSR count). The first-order valence-corrected chi connectivity index (χ1v) is 7.09. The van der Waals surface area contributed by atoms with Crippen molar-refractivity contribution in [2.45, 2.75) is 19.9 Å². The lowest BCUT2D eigenvalue weighted by molar-refractivity contribution is -0.130. The molecule has 1 aromatic rings. The van der Waals surface area contributed by atoms with E-state index in [1.165, 1.54) is 11.1 Å². The highest BCUT2D eigenvalue weighted by Gasteiger charge is 2.19. The molecule has 1 aromatic carbocycles. The van der Waals surface area contributed by atoms with Gasteiger partial charge in [-0.3, -0.25) is 4.79 Å². The summed E-state index contributed by atoms with van der Waals surface area (Å²) in [5, 5.41) is 2.91. The van der Waals surface area contributed by atoms with E-state index in [2.05, 4.69) is 29.0 Å². The first-order chi connectivity index (χ1) is 10.1. The minimum absolute atomic E-state index is 0.00424. The van der Waals surface area contributed by atoms with Crippen molar-refractivity contribution in [1.29, 1.82) is 0 Å². The van der Waals surface area contributed by atoms with Gasteiger partial charge in [0.1, 0.15) is 6.54 Å². The number of fused-ring (bicyclic) bond motifs is 1. The molecule has 0 saturated carbocycles. The van der Waals surface area contributed by atoms with Gasteiger partial charge < -0.3 is 16.0 Å². The lowest BCUT2D eigenvalue weighted by Crippen LogP contribution is -2.39. The van der Waals surface area contributed by atoms with Crippen LogP contribution in [0.15, 0.2) is 41.4 Å². The number of nitrogens with two attached hydrogens (primary N) is 1. The summed E-state index contributed by atoms with van der Waals surface area (Å²) in [5.41, 5.74) is 9.21. The van der Waals surface area contributed by atoms with Gasteiger partial charge in [0.05, 0.1) is 0 Å². The average molecular weight is 286 g/mol. The first kappa shape index (κ1) is 15.1. The molecule has 21 heavy (non-hydrogen) atoms. The van der Waals surface area contributed by atoms with Crippen LogP contribution in [-0.4, -0.2) is 36.4 Å². The lowest BCUT2D eigenvalue weighted by atomic mass is 10.00. The zero-order chi connectivity index (χ0) is 15.2. The van der Waals surface area contributed by atoms with Crippen molar-refractivity contribution < 1.29 is 4.79 Å². The monoisotopic (exact) mass is 286 g/mol. The second kappa shape index (κ2) is 6.92. The molecule has 1 aliphatic rings. The Hall–Kier alpha value is -2.30. The van der Waals surface area contributed by atoms with Gasteiger partial charge in [-0.15, -0.1) is 0 Å². The molecule has 1 aliphatic heterocycles. The number of hydrogen-bond donors (Lipinski definition) is 2. The van der Waals surface area contributed by atoms with Crippen LogP contribution in [0.2, 0.25) is 0 Å². The average Bonchev–Trinajstić information content (AvgIpc) is 2.50. The maximum absolute atomic E-state index is 12.2. The van der Waals surface area contributed by atoms with E-state index in [1.54, 1.807) is 0 Å². The molecule has 112 valence electrons. The molecule has 0 bridgehead atoms. The summed E-state index contributed by atoms with van der Waals surface area (Å²) < 4.78 is 0. The molecule has 1 amide bonds. The largest absolute Gasteiger partial charge is 0.370 e. The summed E-state index contributed by atoms with van der Waals surface area (Å²) in [4.78, 5) is 18.1. The predicted octanol–water partition coefficient (Wildman–Crippen LogP) is 1.05. The van der Waals surface area contributed by atoms with Crippen LogP contribution in [0, 0.1) is 0 Å². The molecule has 0 saturated heterocycles. The van der Waals surface area contributed by atoms with Gasteiger partial charge >= 0.3 is 0 Å². The molecule has 0 aliphatic carbocycles. The Morgan fingerprint density at radius 1 is 1.43 bits per heavy atom. The number of carbonyl (C=O) groups excluding carboxylic acids is 1. The van der Waals surface area contributed by atoms with Crippen LogP contribution in [0.1, 0.15) is 18.1 Å². The van der Waals surface area contributed by atoms with Crippen molar-refractivity contribution in [3.8, 4) is 0 Å². The highest BCUT2D eigenvalue weighted by atomic mass is 16.2. The van der Waals surface area contributed by atoms with Crippen molar-refractivity contribution >= 4 is 11.9 Å². The normalized spacial score (nSPS) is 14.5. The topological polar surface area (TPSA) is 70.7 Å². The molecule has 0 spiro atoms. The Morgan fingerprint density at radius 3 is 2.86 bits per heavy atom. The third-order valence-electron chi connectivity index (χ3n) is 3.44. The summed E-state index contributed by atoms with van der Waals surface area (Å²) in [6.45, 7) is 7.72. The summed E-state index contributed by atoms with van der Waals surface area (Å²) in [7, 11) is 0. The van der Waals surface area contributed by atoms with Crippen molar-refractivity contribution in [2.75, 3.05) is 19.6 Å². The summed E-state index contributed by atoms with van der Waals surface area (Å²) in [6, 6.07) is 8.23. The zero-order valence-corrected chi connectivity index (χ0v) is 12.4. The molecule has 1 heterocycles. The molecule has 5 heteroatoms. The van der Waals surface area contributed by atoms with Gasteiger partial charge in [0.2, 0.25) is 5.91 Å². The Kier molecular flexibility index (Phi) is 4.98. The smallest absolute Gasteiger partial charge is 0.244 e. The van der Waals surface area contributed by atoms with Crippen LogP contribution in [-0.2, 0) is 17.8 Å². The quantitative estimate of drug-likeness (QED) is 0.494. The summed E-state index contributed by atoms with van der Waals surface area (Å²) in [6.07, 6.45) is 0.898. The van der Waals surface area contributed by atoms with Gasteiger partial charge in [-0.2, -0.15) is 0 Å². The number of amides is 1. The van der Waals surface area contributed by atoms with E-state index in [1.807, 2.05) is 24.0 Å². The highest BCUT2D eigenvalue weighted by Crippen LogP contribution is 2.18. The van der Waals surface area contributed by atoms with Gasteiger partial charge in [-0.05, 0) is 24.5 Å². The van der Waals surface area contributed by atoms with E-state index in [-0.39, 0.29) is 18.4 Å². The maximum Gasteiger partial charge on any atom is 0.244 e. The van der Waals surface area contributed by atoms with E-state index < -0.39 is 0 Å². The Morgan fingerprint density at radius 2 is 2.14 bits per heavy atom. The van der Waals surface area contributed by atoms with E-state index in [0.717, 1.165) is 18.5 Å². The number of guanidine groups is 1. The minimum atomic E-state index is 0.00424. The number of carbonyl (C=O) groups is 1. The predicted molar refractivity (Wildman–Crippen MR) is 84.9 cm³/mol. The van der Waals surface area contributed by atoms with Gasteiger partial charge in [0, 0.05) is 19.6 Å². The van der Waals surface area contributed by atoms with Crippen LogP contribution < -0.4 is 11.1 Å². The van der Waals surface area contributed by atoms with Crippen LogP contribution in [0.3, 0.4) is 0 Å². The van der Waals surface area contributed by atoms with Gasteiger partial charge in [0.25, 0.3) is 0 Å². The van der Waals surface area contributed by atoms with Crippen LogP contribution >= 0.6 is 0 Å². The Balaban J connectivity index is 1.87. The second-order valence-electron chi connectivity index (χ2n) is 5.35. The fourth-order valence-electron chi connectivity index (χ4n) is 2.26. The molecule has 3 N–H and O–H groups in total. The fraction of sp³-hybridized carbons (Fsp3) is 0.375. The molecule has 0 atom stereocenters. The van der Waals surface area contributed by atoms with Crippen molar-refractivity contribution in [2.24, 2.45) is 10.7 Å². The first-order valence-electron chi connectivity index (χ1n) is 7.09. The summed E-state index contributed by atoms with van der Waals surface area (Å²) in [5.74, 6) is 0.285. The van der Waals surface area contributed by atoms with Gasteiger partial charge in [-0.25, -0.2) is 4.99 Å². The van der Waals surface area contributed by atoms with Crippen LogP contribution in [0.5, 0.6) is 0 Å². The molecule has 0 aromatic heterocycles. The third kappa shape index (κ3) is 4.34. The standard InChI is InChI=1S/C16H22N4O/c1-12(2)9-18-16(17)19-10-15(21)20-8-7-13-5-3-4-6-14(13)11-20/h3-6H,1,7-11H2,2H3,(H3,17,18,19). The number of hydrogen-bond acceptors (Lipinski definition) is 2. The molecule has 0 unspecified atom stereocenters. The van der Waals surface area contributed by atoms with Gasteiger partial charge in [0.15, 0.2) is 5.96 Å². The highest BCUT2D eigenvalue weighted by molar-refractivity contribution is 5.84. The van der Waals surface area contributed by atoms with E-state index in [9.17, 15) is 4.79 Å². The third-order valence-corrected chi connectivity index (χ3v) is 3.44. The molecular formula is C16H22N4O. The minimum Gasteiger partial charge on any atom is -0.370 e. The molecule has 0 fully saturated rings. The Labute approximate surface area is 125 Å². The van der Waals surface area contributed by atoms with Crippen LogP contribution in [0.25, 0.3) is 0 Å². The molecular weight excluding hydrogens is 264 g/mol. The van der Waals surface area contributed by atoms with Crippen molar-refractivity contribution in [3.05, 3.63) is 47.5 Å². The SMILES string of the molecule is C=C(C)CNC(N)=NCC(=O)N1CCc2ccccc2C1. The number of nitrogens with one attached hydrogen (secondary N) is 1. The van der Waals surface area contributed by atoms with Gasteiger partial charge in [-0.1, -0.05) is 36.4 Å². The van der Waals surface area contributed by atoms with E-state index in [4.69, 9.17) is 5.73 Å². The number of rotatable bonds is 4. The van der Waals surface area contributed by atoms with Crippen LogP contribution in [0.4, 0.5) is 0 Å². The lowest BCUT2D eigenvalue weighted by Gasteiger charge is -2.28. The molecule has 5 nitrogen and oxygen atoms in total. The number of nitrogens with zero attached hydrogens (tertiary/aromatic N) is 2. The van der Waals surface area contributed by atoms with Crippen molar-refractivity contribution in [1.82, 2.24) is 10.2 Å². The van der Waals surface area contributed by atoms with E-state index >= 15 is 0 Å².